The van der Waals surface area contributed by atoms with Crippen molar-refractivity contribution < 1.29 is 0 Å². The maximum Gasteiger partial charge on any atom is 0.107 e. The van der Waals surface area contributed by atoms with Gasteiger partial charge in [-0.3, -0.25) is 4.98 Å². The first-order valence-corrected chi connectivity index (χ1v) is 11.5. The fraction of sp³-hybridized carbons (Fsp3) is 0.214. The van der Waals surface area contributed by atoms with Crippen LogP contribution < -0.4 is 0 Å². The lowest BCUT2D eigenvalue weighted by Gasteiger charge is -2.10. The van der Waals surface area contributed by atoms with Gasteiger partial charge in [0.15, 0.2) is 0 Å². The number of benzene rings is 2. The van der Waals surface area contributed by atoms with E-state index in [1.54, 1.807) is 0 Å². The summed E-state index contributed by atoms with van der Waals surface area (Å²) in [6.45, 7) is 1.66. The molecule has 0 unspecified atom stereocenters. The summed E-state index contributed by atoms with van der Waals surface area (Å²) in [5, 5.41) is 8.61. The number of azo groups is 1. The molecule has 5 nitrogen and oxygen atoms in total. The minimum absolute atomic E-state index is 0.789. The van der Waals surface area contributed by atoms with Crippen LogP contribution in [0.2, 0.25) is 0 Å². The lowest BCUT2D eigenvalue weighted by molar-refractivity contribution is 0.692. The lowest BCUT2D eigenvalue weighted by atomic mass is 9.98. The Morgan fingerprint density at radius 3 is 2.61 bits per heavy atom. The standard InChI is InChI=1S/C28H27N5/c1-2-8-22(9-3-1)18-24-11-5-4-10-23(24)14-17-33-20-28(30-21-33)27-19-25(13-16-29-27)26-12-6-7-15-31-32-26/h1-5,8-13,16,19-21H,6-7,14-15,17-18H2. The van der Waals surface area contributed by atoms with Gasteiger partial charge in [-0.1, -0.05) is 60.7 Å². The molecular weight excluding hydrogens is 406 g/mol. The van der Waals surface area contributed by atoms with Crippen LogP contribution >= 0.6 is 0 Å². The summed E-state index contributed by atoms with van der Waals surface area (Å²) >= 11 is 0. The third-order valence-electron chi connectivity index (χ3n) is 5.92. The van der Waals surface area contributed by atoms with E-state index in [0.717, 1.165) is 61.4 Å². The Morgan fingerprint density at radius 1 is 0.848 bits per heavy atom. The van der Waals surface area contributed by atoms with Gasteiger partial charge in [-0.05, 0) is 54.5 Å². The number of nitrogens with zero attached hydrogens (tertiary/aromatic N) is 5. The summed E-state index contributed by atoms with van der Waals surface area (Å²) in [6, 6.07) is 23.4. The molecule has 0 atom stereocenters. The Kier molecular flexibility index (Phi) is 6.48. The van der Waals surface area contributed by atoms with Crippen LogP contribution in [0, 0.1) is 0 Å². The van der Waals surface area contributed by atoms with E-state index in [0.29, 0.717) is 0 Å². The van der Waals surface area contributed by atoms with E-state index in [1.165, 1.54) is 16.7 Å². The predicted molar refractivity (Wildman–Crippen MR) is 132 cm³/mol. The molecule has 3 heterocycles. The predicted octanol–water partition coefficient (Wildman–Crippen LogP) is 6.37. The van der Waals surface area contributed by atoms with Crippen LogP contribution in [0.1, 0.15) is 35.1 Å². The largest absolute Gasteiger partial charge is 0.336 e. The smallest absolute Gasteiger partial charge is 0.107 e. The van der Waals surface area contributed by atoms with Crippen LogP contribution in [0.15, 0.2) is 102 Å². The highest BCUT2D eigenvalue weighted by Crippen LogP contribution is 2.24. The summed E-state index contributed by atoms with van der Waals surface area (Å²) in [5.41, 5.74) is 7.79. The molecule has 5 heteroatoms. The van der Waals surface area contributed by atoms with Gasteiger partial charge in [0.1, 0.15) is 5.69 Å². The molecule has 0 radical (unpaired) electrons. The molecule has 0 spiro atoms. The van der Waals surface area contributed by atoms with Gasteiger partial charge < -0.3 is 4.57 Å². The van der Waals surface area contributed by atoms with Gasteiger partial charge in [0, 0.05) is 24.5 Å². The quantitative estimate of drug-likeness (QED) is 0.340. The van der Waals surface area contributed by atoms with Crippen molar-refractivity contribution in [2.45, 2.75) is 32.2 Å². The van der Waals surface area contributed by atoms with Crippen LogP contribution in [0.5, 0.6) is 0 Å². The van der Waals surface area contributed by atoms with E-state index >= 15 is 0 Å². The molecule has 0 saturated carbocycles. The lowest BCUT2D eigenvalue weighted by Crippen LogP contribution is -2.02. The van der Waals surface area contributed by atoms with Crippen molar-refractivity contribution in [2.24, 2.45) is 10.2 Å². The number of rotatable bonds is 7. The Hall–Kier alpha value is -3.86. The maximum atomic E-state index is 4.62. The normalized spacial score (nSPS) is 13.5. The second kappa shape index (κ2) is 10.2. The van der Waals surface area contributed by atoms with Gasteiger partial charge in [-0.25, -0.2) is 4.98 Å². The van der Waals surface area contributed by atoms with E-state index in [-0.39, 0.29) is 0 Å². The van der Waals surface area contributed by atoms with Crippen molar-refractivity contribution >= 4 is 5.70 Å². The first-order valence-electron chi connectivity index (χ1n) is 11.5. The zero-order chi connectivity index (χ0) is 22.3. The summed E-state index contributed by atoms with van der Waals surface area (Å²) in [5.74, 6) is 0. The minimum Gasteiger partial charge on any atom is -0.336 e. The number of allylic oxidation sites excluding steroid dienone is 1. The molecule has 4 aromatic rings. The molecule has 0 amide bonds. The fourth-order valence-electron chi connectivity index (χ4n) is 4.13. The molecule has 2 aromatic carbocycles. The molecule has 0 N–H and O–H groups in total. The molecule has 5 rings (SSSR count). The number of pyridine rings is 1. The van der Waals surface area contributed by atoms with Crippen LogP contribution in [0.25, 0.3) is 17.1 Å². The third-order valence-corrected chi connectivity index (χ3v) is 5.92. The number of imidazole rings is 1. The van der Waals surface area contributed by atoms with Gasteiger partial charge in [0.25, 0.3) is 0 Å². The first-order chi connectivity index (χ1) is 16.3. The van der Waals surface area contributed by atoms with Gasteiger partial charge in [-0.15, -0.1) is 0 Å². The van der Waals surface area contributed by atoms with Crippen LogP contribution in [0.4, 0.5) is 0 Å². The second-order valence-corrected chi connectivity index (χ2v) is 8.30. The van der Waals surface area contributed by atoms with Crippen molar-refractivity contribution in [1.82, 2.24) is 14.5 Å². The average Bonchev–Trinajstić information content (AvgIpc) is 3.17. The van der Waals surface area contributed by atoms with Crippen molar-refractivity contribution in [1.29, 1.82) is 0 Å². The van der Waals surface area contributed by atoms with Gasteiger partial charge in [-0.2, -0.15) is 10.2 Å². The fourth-order valence-corrected chi connectivity index (χ4v) is 4.13. The van der Waals surface area contributed by atoms with Gasteiger partial charge in [0.05, 0.1) is 24.3 Å². The number of hydrogen-bond acceptors (Lipinski definition) is 4. The van der Waals surface area contributed by atoms with Gasteiger partial charge in [0.2, 0.25) is 0 Å². The van der Waals surface area contributed by atoms with Crippen molar-refractivity contribution in [3.05, 3.63) is 114 Å². The number of aromatic nitrogens is 3. The Labute approximate surface area is 194 Å². The average molecular weight is 434 g/mol. The summed E-state index contributed by atoms with van der Waals surface area (Å²) in [7, 11) is 0. The SMILES string of the molecule is C1=C(c2ccnc(-c3cn(CCc4ccccc4Cc4ccccc4)cn3)c2)N=NCCC1. The molecule has 0 saturated heterocycles. The summed E-state index contributed by atoms with van der Waals surface area (Å²) in [4.78, 5) is 9.17. The third kappa shape index (κ3) is 5.32. The highest BCUT2D eigenvalue weighted by atomic mass is 15.1. The molecular formula is C28H27N5. The molecule has 0 bridgehead atoms. The topological polar surface area (TPSA) is 55.4 Å². The number of aryl methyl sites for hydroxylation is 2. The maximum absolute atomic E-state index is 4.62. The van der Waals surface area contributed by atoms with E-state index in [9.17, 15) is 0 Å². The van der Waals surface area contributed by atoms with E-state index in [1.807, 2.05) is 18.6 Å². The van der Waals surface area contributed by atoms with Gasteiger partial charge >= 0.3 is 0 Å². The van der Waals surface area contributed by atoms with E-state index in [4.69, 9.17) is 0 Å². The Morgan fingerprint density at radius 2 is 1.70 bits per heavy atom. The Balaban J connectivity index is 1.29. The van der Waals surface area contributed by atoms with Crippen molar-refractivity contribution in [3.8, 4) is 11.4 Å². The van der Waals surface area contributed by atoms with Crippen molar-refractivity contribution in [2.75, 3.05) is 6.54 Å². The molecule has 1 aliphatic heterocycles. The highest BCUT2D eigenvalue weighted by molar-refractivity contribution is 5.68. The van der Waals surface area contributed by atoms with Crippen LogP contribution in [-0.4, -0.2) is 21.1 Å². The van der Waals surface area contributed by atoms with Crippen LogP contribution in [0.3, 0.4) is 0 Å². The molecule has 0 aliphatic carbocycles. The minimum atomic E-state index is 0.789. The van der Waals surface area contributed by atoms with E-state index < -0.39 is 0 Å². The highest BCUT2D eigenvalue weighted by Gasteiger charge is 2.09. The number of hydrogen-bond donors (Lipinski definition) is 0. The zero-order valence-corrected chi connectivity index (χ0v) is 18.6. The molecule has 1 aliphatic rings. The van der Waals surface area contributed by atoms with E-state index in [2.05, 4.69) is 97.7 Å². The Bertz CT molecular complexity index is 1270. The molecule has 2 aromatic heterocycles. The van der Waals surface area contributed by atoms with Crippen molar-refractivity contribution in [3.63, 3.8) is 0 Å². The molecule has 33 heavy (non-hydrogen) atoms. The summed E-state index contributed by atoms with van der Waals surface area (Å²) in [6.07, 6.45) is 11.9. The van der Waals surface area contributed by atoms with Crippen LogP contribution in [-0.2, 0) is 19.4 Å². The first kappa shape index (κ1) is 21.0. The monoisotopic (exact) mass is 433 g/mol. The second-order valence-electron chi connectivity index (χ2n) is 8.30. The summed E-state index contributed by atoms with van der Waals surface area (Å²) < 4.78 is 2.15. The zero-order valence-electron chi connectivity index (χ0n) is 18.6. The molecule has 164 valence electrons. The molecule has 0 fully saturated rings.